The number of carbonyl (C=O) groups is 2. The average molecular weight is 398 g/mol. The van der Waals surface area contributed by atoms with Crippen molar-refractivity contribution in [1.82, 2.24) is 10.6 Å². The Balaban J connectivity index is 1.58. The number of hydrogen-bond acceptors (Lipinski definition) is 5. The van der Waals surface area contributed by atoms with Gasteiger partial charge in [0.2, 0.25) is 5.91 Å². The molecule has 0 saturated heterocycles. The molecule has 1 aliphatic rings. The minimum absolute atomic E-state index is 0.0828. The molecule has 0 fully saturated rings. The van der Waals surface area contributed by atoms with Gasteiger partial charge < -0.3 is 25.6 Å². The normalized spacial score (nSPS) is 14.4. The molecule has 0 radical (unpaired) electrons. The van der Waals surface area contributed by atoms with Crippen molar-refractivity contribution in [1.29, 1.82) is 0 Å². The number of rotatable bonds is 8. The first-order chi connectivity index (χ1) is 14.0. The van der Waals surface area contributed by atoms with Crippen molar-refractivity contribution >= 4 is 12.0 Å². The van der Waals surface area contributed by atoms with Crippen LogP contribution in [0.2, 0.25) is 0 Å². The number of carbonyl (C=O) groups excluding carboxylic acids is 2. The fourth-order valence-corrected chi connectivity index (χ4v) is 3.50. The molecule has 2 aromatic rings. The summed E-state index contributed by atoms with van der Waals surface area (Å²) in [6, 6.07) is 14.9. The lowest BCUT2D eigenvalue weighted by Gasteiger charge is -2.18. The highest BCUT2D eigenvalue weighted by atomic mass is 16.5. The molecule has 0 heterocycles. The second-order valence-corrected chi connectivity index (χ2v) is 7.13. The molecule has 1 unspecified atom stereocenters. The van der Waals surface area contributed by atoms with E-state index >= 15 is 0 Å². The molecular formula is C22H26N2O5. The molecule has 2 atom stereocenters. The van der Waals surface area contributed by atoms with E-state index in [-0.39, 0.29) is 19.1 Å². The van der Waals surface area contributed by atoms with Gasteiger partial charge in [0.1, 0.15) is 12.6 Å². The van der Waals surface area contributed by atoms with E-state index in [9.17, 15) is 19.8 Å². The standard InChI is InChI=1S/C22H26N2O5/c1-14(26)10-11-23-21(27)20(12-25)24-22(28)29-13-19-17-8-4-2-6-15(17)16-7-3-5-9-18(16)19/h2-9,14,19-20,25-26H,10-13H2,1H3,(H,23,27)(H,24,28)/t14?,20-/m0/s1. The molecule has 0 saturated carbocycles. The Labute approximate surface area is 169 Å². The first-order valence-electron chi connectivity index (χ1n) is 9.69. The van der Waals surface area contributed by atoms with Gasteiger partial charge in [0, 0.05) is 12.5 Å². The molecule has 29 heavy (non-hydrogen) atoms. The Kier molecular flexibility index (Phi) is 6.85. The van der Waals surface area contributed by atoms with Crippen LogP contribution in [0, 0.1) is 0 Å². The van der Waals surface area contributed by atoms with Crippen molar-refractivity contribution in [2.24, 2.45) is 0 Å². The fraction of sp³-hybridized carbons (Fsp3) is 0.364. The van der Waals surface area contributed by atoms with Gasteiger partial charge in [-0.3, -0.25) is 4.79 Å². The molecule has 0 spiro atoms. The van der Waals surface area contributed by atoms with E-state index in [4.69, 9.17) is 4.74 Å². The third kappa shape index (κ3) is 4.93. The zero-order valence-corrected chi connectivity index (χ0v) is 16.3. The van der Waals surface area contributed by atoms with E-state index in [1.54, 1.807) is 6.92 Å². The van der Waals surface area contributed by atoms with Crippen molar-refractivity contribution in [2.45, 2.75) is 31.4 Å². The maximum absolute atomic E-state index is 12.2. The number of alkyl carbamates (subject to hydrolysis) is 1. The van der Waals surface area contributed by atoms with Gasteiger partial charge in [-0.15, -0.1) is 0 Å². The molecule has 2 aromatic carbocycles. The maximum atomic E-state index is 12.2. The largest absolute Gasteiger partial charge is 0.449 e. The average Bonchev–Trinajstić information content (AvgIpc) is 3.04. The van der Waals surface area contributed by atoms with Gasteiger partial charge in [-0.2, -0.15) is 0 Å². The quantitative estimate of drug-likeness (QED) is 0.542. The molecule has 154 valence electrons. The number of aliphatic hydroxyl groups is 2. The van der Waals surface area contributed by atoms with Crippen molar-refractivity contribution in [3.63, 3.8) is 0 Å². The summed E-state index contributed by atoms with van der Waals surface area (Å²) in [5, 5.41) is 23.6. The number of hydrogen-bond donors (Lipinski definition) is 4. The Bertz CT molecular complexity index is 822. The highest BCUT2D eigenvalue weighted by molar-refractivity contribution is 5.85. The third-order valence-electron chi connectivity index (χ3n) is 5.00. The van der Waals surface area contributed by atoms with E-state index in [1.807, 2.05) is 48.5 Å². The molecule has 0 aliphatic heterocycles. The number of fused-ring (bicyclic) bond motifs is 3. The van der Waals surface area contributed by atoms with E-state index in [0.717, 1.165) is 22.3 Å². The second kappa shape index (κ2) is 9.54. The number of benzene rings is 2. The van der Waals surface area contributed by atoms with Crippen LogP contribution in [0.1, 0.15) is 30.4 Å². The van der Waals surface area contributed by atoms with Crippen LogP contribution in [0.4, 0.5) is 4.79 Å². The van der Waals surface area contributed by atoms with Crippen LogP contribution in [0.15, 0.2) is 48.5 Å². The molecule has 0 aromatic heterocycles. The van der Waals surface area contributed by atoms with Crippen LogP contribution in [0.25, 0.3) is 11.1 Å². The topological polar surface area (TPSA) is 108 Å². The van der Waals surface area contributed by atoms with Crippen LogP contribution in [-0.2, 0) is 9.53 Å². The van der Waals surface area contributed by atoms with E-state index in [2.05, 4.69) is 10.6 Å². The number of ether oxygens (including phenoxy) is 1. The summed E-state index contributed by atoms with van der Waals surface area (Å²) in [6.45, 7) is 1.44. The number of amides is 2. The summed E-state index contributed by atoms with van der Waals surface area (Å²) in [7, 11) is 0. The van der Waals surface area contributed by atoms with E-state index < -0.39 is 30.8 Å². The maximum Gasteiger partial charge on any atom is 0.407 e. The van der Waals surface area contributed by atoms with Crippen molar-refractivity contribution in [3.05, 3.63) is 59.7 Å². The molecule has 4 N–H and O–H groups in total. The lowest BCUT2D eigenvalue weighted by atomic mass is 9.98. The smallest absolute Gasteiger partial charge is 0.407 e. The summed E-state index contributed by atoms with van der Waals surface area (Å²) in [5.74, 6) is -0.609. The van der Waals surface area contributed by atoms with Gasteiger partial charge in [0.25, 0.3) is 0 Å². The molecule has 1 aliphatic carbocycles. The Morgan fingerprint density at radius 3 is 2.21 bits per heavy atom. The summed E-state index contributed by atoms with van der Waals surface area (Å²) in [4.78, 5) is 24.3. The highest BCUT2D eigenvalue weighted by Gasteiger charge is 2.29. The van der Waals surface area contributed by atoms with Crippen LogP contribution < -0.4 is 10.6 Å². The fourth-order valence-electron chi connectivity index (χ4n) is 3.50. The summed E-state index contributed by atoms with van der Waals surface area (Å²) >= 11 is 0. The molecule has 7 nitrogen and oxygen atoms in total. The Hall–Kier alpha value is -2.90. The van der Waals surface area contributed by atoms with Gasteiger partial charge in [-0.25, -0.2) is 4.79 Å². The lowest BCUT2D eigenvalue weighted by molar-refractivity contribution is -0.124. The van der Waals surface area contributed by atoms with Gasteiger partial charge in [-0.05, 0) is 35.6 Å². The van der Waals surface area contributed by atoms with Gasteiger partial charge in [-0.1, -0.05) is 48.5 Å². The molecule has 0 bridgehead atoms. The molecule has 7 heteroatoms. The summed E-state index contributed by atoms with van der Waals surface area (Å²) < 4.78 is 5.38. The second-order valence-electron chi connectivity index (χ2n) is 7.13. The zero-order valence-electron chi connectivity index (χ0n) is 16.3. The van der Waals surface area contributed by atoms with Crippen molar-refractivity contribution < 1.29 is 24.5 Å². The minimum Gasteiger partial charge on any atom is -0.449 e. The first kappa shape index (κ1) is 20.8. The predicted octanol–water partition coefficient (Wildman–Crippen LogP) is 1.77. The third-order valence-corrected chi connectivity index (χ3v) is 5.00. The summed E-state index contributed by atoms with van der Waals surface area (Å²) in [6.07, 6.45) is -0.927. The van der Waals surface area contributed by atoms with Crippen molar-refractivity contribution in [3.8, 4) is 11.1 Å². The SMILES string of the molecule is CC(O)CCNC(=O)[C@H](CO)NC(=O)OCC1c2ccccc2-c2ccccc21. The van der Waals surface area contributed by atoms with Gasteiger partial charge in [0.05, 0.1) is 12.7 Å². The molecule has 2 amide bonds. The zero-order chi connectivity index (χ0) is 20.8. The molecular weight excluding hydrogens is 372 g/mol. The van der Waals surface area contributed by atoms with Gasteiger partial charge in [0.15, 0.2) is 0 Å². The minimum atomic E-state index is -1.11. The van der Waals surface area contributed by atoms with E-state index in [0.29, 0.717) is 6.42 Å². The van der Waals surface area contributed by atoms with E-state index in [1.165, 1.54) is 0 Å². The summed E-state index contributed by atoms with van der Waals surface area (Å²) in [5.41, 5.74) is 4.44. The van der Waals surface area contributed by atoms with Crippen LogP contribution >= 0.6 is 0 Å². The Morgan fingerprint density at radius 2 is 1.66 bits per heavy atom. The van der Waals surface area contributed by atoms with Crippen molar-refractivity contribution in [2.75, 3.05) is 19.8 Å². The lowest BCUT2D eigenvalue weighted by Crippen LogP contribution is -2.49. The predicted molar refractivity (Wildman–Crippen MR) is 108 cm³/mol. The first-order valence-corrected chi connectivity index (χ1v) is 9.69. The highest BCUT2D eigenvalue weighted by Crippen LogP contribution is 2.44. The monoisotopic (exact) mass is 398 g/mol. The Morgan fingerprint density at radius 1 is 1.07 bits per heavy atom. The number of nitrogens with one attached hydrogen (secondary N) is 2. The number of aliphatic hydroxyl groups excluding tert-OH is 2. The van der Waals surface area contributed by atoms with Crippen LogP contribution in [0.3, 0.4) is 0 Å². The molecule has 3 rings (SSSR count). The van der Waals surface area contributed by atoms with Gasteiger partial charge >= 0.3 is 6.09 Å². The van der Waals surface area contributed by atoms with Crippen LogP contribution in [0.5, 0.6) is 0 Å². The van der Waals surface area contributed by atoms with Crippen LogP contribution in [-0.4, -0.2) is 54.1 Å².